The Bertz CT molecular complexity index is 1060. The summed E-state index contributed by atoms with van der Waals surface area (Å²) in [6.45, 7) is 7.19. The number of ether oxygens (including phenoxy) is 2. The van der Waals surface area contributed by atoms with Crippen LogP contribution in [0.4, 0.5) is 0 Å². The minimum absolute atomic E-state index is 0.102. The van der Waals surface area contributed by atoms with Crippen molar-refractivity contribution >= 4 is 5.78 Å². The molecule has 1 aromatic rings. The number of para-hydroxylation sites is 1. The van der Waals surface area contributed by atoms with Gasteiger partial charge in [0.1, 0.15) is 18.0 Å². The van der Waals surface area contributed by atoms with Crippen molar-refractivity contribution in [3.63, 3.8) is 0 Å². The Labute approximate surface area is 190 Å². The van der Waals surface area contributed by atoms with Crippen LogP contribution in [0.5, 0.6) is 5.75 Å². The number of epoxide rings is 1. The Morgan fingerprint density at radius 2 is 1.91 bits per heavy atom. The Hall–Kier alpha value is -2.17. The fourth-order valence-corrected chi connectivity index (χ4v) is 7.69. The first-order valence-corrected chi connectivity index (χ1v) is 12.0. The molecule has 0 amide bonds. The number of hydrogen-bond acceptors (Lipinski definition) is 4. The highest BCUT2D eigenvalue weighted by Crippen LogP contribution is 2.69. The van der Waals surface area contributed by atoms with Gasteiger partial charge in [0.25, 0.3) is 5.79 Å². The molecule has 0 bridgehead atoms. The number of hydrogen-bond donors (Lipinski definition) is 1. The normalized spacial score (nSPS) is 46.5. The summed E-state index contributed by atoms with van der Waals surface area (Å²) < 4.78 is 12.3. The summed E-state index contributed by atoms with van der Waals surface area (Å²) in [7, 11) is 0. The maximum Gasteiger partial charge on any atom is 0.264 e. The molecule has 168 valence electrons. The fraction of sp³-hybridized carbons (Fsp3) is 0.536. The average molecular weight is 433 g/mol. The van der Waals surface area contributed by atoms with Gasteiger partial charge in [-0.2, -0.15) is 0 Å². The van der Waals surface area contributed by atoms with Crippen molar-refractivity contribution in [2.75, 3.05) is 6.61 Å². The molecule has 1 aliphatic heterocycles. The molecule has 1 unspecified atom stereocenters. The lowest BCUT2D eigenvalue weighted by atomic mass is 9.49. The molecule has 6 rings (SSSR count). The lowest BCUT2D eigenvalue weighted by Gasteiger charge is -2.55. The second kappa shape index (κ2) is 6.45. The number of rotatable bonds is 3. The molecule has 3 fully saturated rings. The molecular weight excluding hydrogens is 400 g/mol. The molecule has 4 nitrogen and oxygen atoms in total. The van der Waals surface area contributed by atoms with E-state index in [1.54, 1.807) is 6.08 Å². The summed E-state index contributed by atoms with van der Waals surface area (Å²) in [5.74, 6) is 0.979. The summed E-state index contributed by atoms with van der Waals surface area (Å²) in [5, 5.41) is 12.2. The van der Waals surface area contributed by atoms with E-state index in [1.165, 1.54) is 11.1 Å². The van der Waals surface area contributed by atoms with Gasteiger partial charge in [0.2, 0.25) is 0 Å². The van der Waals surface area contributed by atoms with Crippen molar-refractivity contribution in [2.45, 2.75) is 57.8 Å². The molecule has 7 atom stereocenters. The molecule has 0 aromatic heterocycles. The molecule has 1 heterocycles. The standard InChI is InChI=1S/C28H32O4/c1-18-15-21-22(25(2)12-9-19(29)16-24(18)25)10-13-26(3)23(21)11-14-27(26,30)28(17-31-28)32-20-7-5-4-6-8-20/h4-10,12,16,18,21,23,30H,11,13-15,17H2,1-3H3/t18-,21+,23-,25+,26-,27+,28?/m0/s1. The quantitative estimate of drug-likeness (QED) is 0.540. The SMILES string of the molecule is C[C@H]1C[C@@H]2C(=CC[C@@]3(C)[C@H]2CC[C@]3(O)C2(Oc3ccccc3)CO2)[C@@]2(C)C=CC(=O)C=C12. The molecule has 0 radical (unpaired) electrons. The van der Waals surface area contributed by atoms with Gasteiger partial charge in [-0.1, -0.05) is 49.8 Å². The van der Waals surface area contributed by atoms with Crippen molar-refractivity contribution in [3.05, 3.63) is 65.8 Å². The molecule has 5 aliphatic rings. The predicted molar refractivity (Wildman–Crippen MR) is 122 cm³/mol. The van der Waals surface area contributed by atoms with Crippen LogP contribution in [0.1, 0.15) is 46.5 Å². The minimum Gasteiger partial charge on any atom is -0.457 e. The number of carbonyl (C=O) groups is 1. The third kappa shape index (κ3) is 2.48. The van der Waals surface area contributed by atoms with E-state index in [9.17, 15) is 9.90 Å². The van der Waals surface area contributed by atoms with Crippen molar-refractivity contribution in [2.24, 2.45) is 28.6 Å². The van der Waals surface area contributed by atoms with Gasteiger partial charge in [-0.3, -0.25) is 4.79 Å². The Balaban J connectivity index is 1.38. The van der Waals surface area contributed by atoms with Gasteiger partial charge in [-0.25, -0.2) is 0 Å². The Morgan fingerprint density at radius 1 is 1.16 bits per heavy atom. The van der Waals surface area contributed by atoms with Crippen LogP contribution in [0.2, 0.25) is 0 Å². The van der Waals surface area contributed by atoms with Crippen LogP contribution < -0.4 is 4.74 Å². The second-order valence-corrected chi connectivity index (χ2v) is 11.0. The lowest BCUT2D eigenvalue weighted by molar-refractivity contribution is -0.192. The smallest absolute Gasteiger partial charge is 0.264 e. The second-order valence-electron chi connectivity index (χ2n) is 11.0. The summed E-state index contributed by atoms with van der Waals surface area (Å²) in [6.07, 6.45) is 11.5. The van der Waals surface area contributed by atoms with Crippen molar-refractivity contribution in [1.82, 2.24) is 0 Å². The molecule has 0 spiro atoms. The largest absolute Gasteiger partial charge is 0.457 e. The average Bonchev–Trinajstić information content (AvgIpc) is 3.50. The summed E-state index contributed by atoms with van der Waals surface area (Å²) in [5.41, 5.74) is 1.14. The molecule has 1 saturated heterocycles. The topological polar surface area (TPSA) is 59.1 Å². The molecule has 4 aliphatic carbocycles. The van der Waals surface area contributed by atoms with Gasteiger partial charge in [0.05, 0.1) is 0 Å². The third-order valence-corrected chi connectivity index (χ3v) is 9.49. The van der Waals surface area contributed by atoms with Gasteiger partial charge in [0.15, 0.2) is 5.78 Å². The lowest BCUT2D eigenvalue weighted by Crippen LogP contribution is -2.60. The van der Waals surface area contributed by atoms with Crippen LogP contribution in [-0.4, -0.2) is 28.9 Å². The van der Waals surface area contributed by atoms with E-state index in [-0.39, 0.29) is 16.6 Å². The van der Waals surface area contributed by atoms with Gasteiger partial charge in [-0.05, 0) is 80.2 Å². The summed E-state index contributed by atoms with van der Waals surface area (Å²) in [4.78, 5) is 12.1. The number of fused-ring (bicyclic) bond motifs is 5. The van der Waals surface area contributed by atoms with E-state index in [0.29, 0.717) is 30.8 Å². The maximum absolute atomic E-state index is 12.2. The van der Waals surface area contributed by atoms with E-state index in [0.717, 1.165) is 25.0 Å². The molecule has 4 heteroatoms. The predicted octanol–water partition coefficient (Wildman–Crippen LogP) is 5.00. The highest BCUT2D eigenvalue weighted by Gasteiger charge is 2.75. The van der Waals surface area contributed by atoms with E-state index in [2.05, 4.69) is 32.9 Å². The zero-order valence-corrected chi connectivity index (χ0v) is 19.1. The van der Waals surface area contributed by atoms with Crippen LogP contribution in [-0.2, 0) is 9.53 Å². The van der Waals surface area contributed by atoms with Crippen LogP contribution >= 0.6 is 0 Å². The van der Waals surface area contributed by atoms with Gasteiger partial charge >= 0.3 is 0 Å². The number of aliphatic hydroxyl groups is 1. The Morgan fingerprint density at radius 3 is 2.62 bits per heavy atom. The third-order valence-electron chi connectivity index (χ3n) is 9.49. The van der Waals surface area contributed by atoms with Gasteiger partial charge in [-0.15, -0.1) is 0 Å². The molecular formula is C28H32O4. The molecule has 1 aromatic carbocycles. The minimum atomic E-state index is -1.04. The van der Waals surface area contributed by atoms with E-state index >= 15 is 0 Å². The van der Waals surface area contributed by atoms with Crippen LogP contribution in [0.3, 0.4) is 0 Å². The zero-order valence-electron chi connectivity index (χ0n) is 19.1. The summed E-state index contributed by atoms with van der Waals surface area (Å²) in [6, 6.07) is 9.70. The summed E-state index contributed by atoms with van der Waals surface area (Å²) >= 11 is 0. The molecule has 1 N–H and O–H groups in total. The van der Waals surface area contributed by atoms with E-state index < -0.39 is 11.4 Å². The monoisotopic (exact) mass is 432 g/mol. The van der Waals surface area contributed by atoms with Gasteiger partial charge in [0, 0.05) is 10.8 Å². The van der Waals surface area contributed by atoms with Crippen LogP contribution in [0.15, 0.2) is 65.8 Å². The highest BCUT2D eigenvalue weighted by atomic mass is 16.8. The van der Waals surface area contributed by atoms with E-state index in [4.69, 9.17) is 9.47 Å². The number of allylic oxidation sites excluding steroid dienone is 6. The molecule has 2 saturated carbocycles. The zero-order chi connectivity index (χ0) is 22.4. The first-order valence-electron chi connectivity index (χ1n) is 12.0. The van der Waals surface area contributed by atoms with Crippen molar-refractivity contribution < 1.29 is 19.4 Å². The van der Waals surface area contributed by atoms with Crippen molar-refractivity contribution in [1.29, 1.82) is 0 Å². The first-order chi connectivity index (χ1) is 15.2. The fourth-order valence-electron chi connectivity index (χ4n) is 7.69. The number of carbonyl (C=O) groups excluding carboxylic acids is 1. The number of ketones is 1. The maximum atomic E-state index is 12.2. The molecule has 32 heavy (non-hydrogen) atoms. The van der Waals surface area contributed by atoms with Crippen LogP contribution in [0, 0.1) is 28.6 Å². The number of benzene rings is 1. The van der Waals surface area contributed by atoms with Gasteiger partial charge < -0.3 is 14.6 Å². The van der Waals surface area contributed by atoms with E-state index in [1.807, 2.05) is 36.4 Å². The van der Waals surface area contributed by atoms with Crippen molar-refractivity contribution in [3.8, 4) is 5.75 Å². The van der Waals surface area contributed by atoms with Crippen LogP contribution in [0.25, 0.3) is 0 Å². The first kappa shape index (κ1) is 20.4. The highest BCUT2D eigenvalue weighted by molar-refractivity contribution is 6.01. The Kier molecular flexibility index (Phi) is 4.12.